The highest BCUT2D eigenvalue weighted by Crippen LogP contribution is 2.22. The summed E-state index contributed by atoms with van der Waals surface area (Å²) >= 11 is 5.72. The highest BCUT2D eigenvalue weighted by molar-refractivity contribution is 6.31. The Bertz CT molecular complexity index is 760. The summed E-state index contributed by atoms with van der Waals surface area (Å²) in [7, 11) is 0. The maximum atomic E-state index is 13.5. The molecule has 0 atom stereocenters. The molecule has 0 aliphatic carbocycles. The third-order valence-corrected chi connectivity index (χ3v) is 3.48. The Morgan fingerprint density at radius 2 is 1.79 bits per heavy atom. The van der Waals surface area contributed by atoms with E-state index >= 15 is 0 Å². The fraction of sp³-hybridized carbons (Fsp3) is 0.176. The first kappa shape index (κ1) is 17.7. The van der Waals surface area contributed by atoms with Crippen molar-refractivity contribution in [1.82, 2.24) is 10.9 Å². The zero-order chi connectivity index (χ0) is 17.7. The lowest BCUT2D eigenvalue weighted by atomic mass is 10.1. The zero-order valence-corrected chi connectivity index (χ0v) is 13.9. The highest BCUT2D eigenvalue weighted by Gasteiger charge is 2.13. The number of para-hydroxylation sites is 1. The van der Waals surface area contributed by atoms with Gasteiger partial charge in [0.05, 0.1) is 5.56 Å². The number of aryl methyl sites for hydroxylation is 2. The minimum absolute atomic E-state index is 0.214. The molecule has 2 amide bonds. The number of halogens is 2. The van der Waals surface area contributed by atoms with Crippen molar-refractivity contribution in [2.24, 2.45) is 0 Å². The first-order chi connectivity index (χ1) is 11.4. The number of carbonyl (C=O) groups is 2. The molecular weight excluding hydrogens is 335 g/mol. The molecule has 0 unspecified atom stereocenters. The van der Waals surface area contributed by atoms with Gasteiger partial charge in [-0.3, -0.25) is 20.4 Å². The van der Waals surface area contributed by atoms with Gasteiger partial charge in [0.25, 0.3) is 11.8 Å². The minimum atomic E-state index is -0.810. The van der Waals surface area contributed by atoms with Gasteiger partial charge in [0.2, 0.25) is 0 Å². The molecule has 0 bridgehead atoms. The van der Waals surface area contributed by atoms with Crippen LogP contribution < -0.4 is 15.6 Å². The quantitative estimate of drug-likeness (QED) is 0.833. The van der Waals surface area contributed by atoms with E-state index < -0.39 is 17.6 Å². The molecule has 2 aromatic carbocycles. The molecule has 0 radical (unpaired) electrons. The van der Waals surface area contributed by atoms with Crippen LogP contribution >= 0.6 is 11.6 Å². The van der Waals surface area contributed by atoms with E-state index in [1.807, 2.05) is 32.0 Å². The van der Waals surface area contributed by atoms with E-state index in [4.69, 9.17) is 16.3 Å². The third-order valence-electron chi connectivity index (χ3n) is 3.24. The van der Waals surface area contributed by atoms with Crippen LogP contribution in [0, 0.1) is 19.7 Å². The Morgan fingerprint density at radius 1 is 1.12 bits per heavy atom. The van der Waals surface area contributed by atoms with Crippen LogP contribution in [0.3, 0.4) is 0 Å². The van der Waals surface area contributed by atoms with Crippen molar-refractivity contribution in [3.63, 3.8) is 0 Å². The lowest BCUT2D eigenvalue weighted by Crippen LogP contribution is -2.44. The van der Waals surface area contributed by atoms with Crippen LogP contribution in [-0.2, 0) is 4.79 Å². The third kappa shape index (κ3) is 4.45. The van der Waals surface area contributed by atoms with E-state index in [0.29, 0.717) is 5.75 Å². The fourth-order valence-corrected chi connectivity index (χ4v) is 2.24. The van der Waals surface area contributed by atoms with Gasteiger partial charge in [-0.15, -0.1) is 0 Å². The van der Waals surface area contributed by atoms with Crippen LogP contribution in [0.1, 0.15) is 21.5 Å². The van der Waals surface area contributed by atoms with Gasteiger partial charge in [0, 0.05) is 5.02 Å². The second-order valence-corrected chi connectivity index (χ2v) is 5.57. The molecule has 24 heavy (non-hydrogen) atoms. The lowest BCUT2D eigenvalue weighted by Gasteiger charge is -2.12. The van der Waals surface area contributed by atoms with Gasteiger partial charge >= 0.3 is 0 Å². The van der Waals surface area contributed by atoms with Crippen LogP contribution in [0.15, 0.2) is 36.4 Å². The van der Waals surface area contributed by atoms with E-state index in [0.717, 1.165) is 17.2 Å². The topological polar surface area (TPSA) is 67.4 Å². The second kappa shape index (κ2) is 7.79. The fourth-order valence-electron chi connectivity index (χ4n) is 2.07. The molecule has 0 aliphatic rings. The average Bonchev–Trinajstić information content (AvgIpc) is 2.54. The summed E-state index contributed by atoms with van der Waals surface area (Å²) in [5, 5.41) is 0.214. The van der Waals surface area contributed by atoms with E-state index in [-0.39, 0.29) is 17.2 Å². The van der Waals surface area contributed by atoms with E-state index in [9.17, 15) is 14.0 Å². The molecule has 0 fully saturated rings. The van der Waals surface area contributed by atoms with Gasteiger partial charge in [-0.05, 0) is 43.2 Å². The molecule has 5 nitrogen and oxygen atoms in total. The average molecular weight is 351 g/mol. The van der Waals surface area contributed by atoms with Gasteiger partial charge in [-0.1, -0.05) is 29.8 Å². The van der Waals surface area contributed by atoms with Crippen molar-refractivity contribution in [3.05, 3.63) is 63.9 Å². The van der Waals surface area contributed by atoms with Gasteiger partial charge in [-0.25, -0.2) is 4.39 Å². The number of carbonyl (C=O) groups excluding carboxylic acids is 2. The Labute approximate surface area is 143 Å². The van der Waals surface area contributed by atoms with E-state index in [1.54, 1.807) is 0 Å². The summed E-state index contributed by atoms with van der Waals surface area (Å²) in [6.45, 7) is 3.44. The number of ether oxygens (including phenoxy) is 1. The summed E-state index contributed by atoms with van der Waals surface area (Å²) in [6, 6.07) is 9.19. The Kier molecular flexibility index (Phi) is 5.76. The monoisotopic (exact) mass is 350 g/mol. The van der Waals surface area contributed by atoms with Crippen LogP contribution in [0.5, 0.6) is 5.75 Å². The maximum Gasteiger partial charge on any atom is 0.276 e. The predicted molar refractivity (Wildman–Crippen MR) is 88.4 cm³/mol. The summed E-state index contributed by atoms with van der Waals surface area (Å²) in [4.78, 5) is 23.6. The largest absolute Gasteiger partial charge is 0.483 e. The highest BCUT2D eigenvalue weighted by atomic mass is 35.5. The van der Waals surface area contributed by atoms with Gasteiger partial charge in [-0.2, -0.15) is 0 Å². The molecule has 0 saturated carbocycles. The number of nitrogens with one attached hydrogen (secondary N) is 2. The molecule has 7 heteroatoms. The first-order valence-corrected chi connectivity index (χ1v) is 7.49. The van der Waals surface area contributed by atoms with Crippen LogP contribution in [0.25, 0.3) is 0 Å². The molecular formula is C17H16ClFN2O3. The Morgan fingerprint density at radius 3 is 2.46 bits per heavy atom. The number of amides is 2. The molecule has 2 rings (SSSR count). The summed E-state index contributed by atoms with van der Waals surface area (Å²) in [5.41, 5.74) is 5.81. The predicted octanol–water partition coefficient (Wildman–Crippen LogP) is 2.94. The summed E-state index contributed by atoms with van der Waals surface area (Å²) < 4.78 is 19.0. The van der Waals surface area contributed by atoms with Crippen molar-refractivity contribution in [2.75, 3.05) is 6.61 Å². The SMILES string of the molecule is Cc1cccc(C)c1OCC(=O)NNC(=O)c1cc(Cl)ccc1F. The molecule has 0 heterocycles. The summed E-state index contributed by atoms with van der Waals surface area (Å²) in [6.07, 6.45) is 0. The van der Waals surface area contributed by atoms with Crippen molar-refractivity contribution < 1.29 is 18.7 Å². The smallest absolute Gasteiger partial charge is 0.276 e. The van der Waals surface area contributed by atoms with Crippen molar-refractivity contribution >= 4 is 23.4 Å². The number of rotatable bonds is 4. The number of hydrogen-bond acceptors (Lipinski definition) is 3. The first-order valence-electron chi connectivity index (χ1n) is 7.11. The molecule has 126 valence electrons. The lowest BCUT2D eigenvalue weighted by molar-refractivity contribution is -0.123. The standard InChI is InChI=1S/C17H16ClFN2O3/c1-10-4-3-5-11(2)16(10)24-9-15(22)20-21-17(23)13-8-12(18)6-7-14(13)19/h3-8H,9H2,1-2H3,(H,20,22)(H,21,23). The van der Waals surface area contributed by atoms with Crippen molar-refractivity contribution in [2.45, 2.75) is 13.8 Å². The normalized spacial score (nSPS) is 10.2. The van der Waals surface area contributed by atoms with Crippen LogP contribution in [0.2, 0.25) is 5.02 Å². The second-order valence-electron chi connectivity index (χ2n) is 5.14. The van der Waals surface area contributed by atoms with Gasteiger partial charge in [0.15, 0.2) is 6.61 Å². The van der Waals surface area contributed by atoms with Crippen LogP contribution in [0.4, 0.5) is 4.39 Å². The zero-order valence-electron chi connectivity index (χ0n) is 13.2. The van der Waals surface area contributed by atoms with Crippen molar-refractivity contribution in [1.29, 1.82) is 0 Å². The van der Waals surface area contributed by atoms with Crippen molar-refractivity contribution in [3.8, 4) is 5.75 Å². The summed E-state index contributed by atoms with van der Waals surface area (Å²) in [5.74, 6) is -1.51. The number of hydrazine groups is 1. The van der Waals surface area contributed by atoms with E-state index in [2.05, 4.69) is 10.9 Å². The Hall–Kier alpha value is -2.60. The minimum Gasteiger partial charge on any atom is -0.483 e. The van der Waals surface area contributed by atoms with Crippen LogP contribution in [-0.4, -0.2) is 18.4 Å². The maximum absolute atomic E-state index is 13.5. The van der Waals surface area contributed by atoms with E-state index in [1.165, 1.54) is 12.1 Å². The molecule has 0 aliphatic heterocycles. The number of hydrogen-bond donors (Lipinski definition) is 2. The number of benzene rings is 2. The van der Waals surface area contributed by atoms with Gasteiger partial charge in [0.1, 0.15) is 11.6 Å². The molecule has 2 N–H and O–H groups in total. The molecule has 0 saturated heterocycles. The molecule has 2 aromatic rings. The molecule has 0 spiro atoms. The molecule has 0 aromatic heterocycles. The van der Waals surface area contributed by atoms with Gasteiger partial charge < -0.3 is 4.74 Å². The Balaban J connectivity index is 1.89.